The lowest BCUT2D eigenvalue weighted by Crippen LogP contribution is -2.11. The van der Waals surface area contributed by atoms with Crippen LogP contribution in [0.3, 0.4) is 0 Å². The summed E-state index contributed by atoms with van der Waals surface area (Å²) in [6, 6.07) is 7.43. The molecule has 1 aromatic carbocycles. The molecule has 0 aliphatic carbocycles. The number of ether oxygens (including phenoxy) is 1. The highest BCUT2D eigenvalue weighted by atomic mass is 16.5. The van der Waals surface area contributed by atoms with Gasteiger partial charge in [-0.15, -0.1) is 0 Å². The number of hydrogen-bond acceptors (Lipinski definition) is 2. The van der Waals surface area contributed by atoms with Crippen molar-refractivity contribution in [3.8, 4) is 5.75 Å². The fourth-order valence-electron chi connectivity index (χ4n) is 1.61. The number of rotatable bonds is 7. The molecule has 0 spiro atoms. The number of benzene rings is 1. The maximum absolute atomic E-state index is 10.4. The van der Waals surface area contributed by atoms with E-state index in [1.165, 1.54) is 12.8 Å². The van der Waals surface area contributed by atoms with Crippen molar-refractivity contribution >= 4 is 12.0 Å². The van der Waals surface area contributed by atoms with Gasteiger partial charge in [0.15, 0.2) is 0 Å². The second kappa shape index (κ2) is 7.54. The van der Waals surface area contributed by atoms with Crippen LogP contribution in [0.25, 0.3) is 6.08 Å². The van der Waals surface area contributed by atoms with E-state index >= 15 is 0 Å². The van der Waals surface area contributed by atoms with Crippen molar-refractivity contribution in [2.45, 2.75) is 39.2 Å². The number of hydrogen-bond donors (Lipinski definition) is 1. The van der Waals surface area contributed by atoms with Crippen molar-refractivity contribution in [2.24, 2.45) is 0 Å². The average Bonchev–Trinajstić information content (AvgIpc) is 2.35. The third kappa shape index (κ3) is 5.53. The van der Waals surface area contributed by atoms with E-state index in [9.17, 15) is 4.79 Å². The molecule has 0 heterocycles. The molecule has 0 aliphatic heterocycles. The Balaban J connectivity index is 2.52. The van der Waals surface area contributed by atoms with Gasteiger partial charge in [-0.3, -0.25) is 0 Å². The van der Waals surface area contributed by atoms with Gasteiger partial charge in [-0.1, -0.05) is 31.9 Å². The lowest BCUT2D eigenvalue weighted by Gasteiger charge is -2.14. The monoisotopic (exact) mass is 248 g/mol. The molecule has 1 atom stereocenters. The Morgan fingerprint density at radius 1 is 1.39 bits per heavy atom. The Kier molecular flexibility index (Phi) is 5.98. The Labute approximate surface area is 108 Å². The minimum Gasteiger partial charge on any atom is -0.491 e. The van der Waals surface area contributed by atoms with E-state index in [4.69, 9.17) is 9.84 Å². The van der Waals surface area contributed by atoms with E-state index in [0.29, 0.717) is 0 Å². The quantitative estimate of drug-likeness (QED) is 0.748. The second-order valence-corrected chi connectivity index (χ2v) is 4.31. The smallest absolute Gasteiger partial charge is 0.328 e. The molecule has 0 fully saturated rings. The third-order valence-corrected chi connectivity index (χ3v) is 2.60. The first-order valence-corrected chi connectivity index (χ1v) is 6.29. The van der Waals surface area contributed by atoms with Crippen LogP contribution in [0.1, 0.15) is 38.7 Å². The molecule has 0 amide bonds. The van der Waals surface area contributed by atoms with Crippen molar-refractivity contribution in [2.75, 3.05) is 0 Å². The molecule has 3 heteroatoms. The largest absolute Gasteiger partial charge is 0.491 e. The van der Waals surface area contributed by atoms with Crippen LogP contribution in [0.15, 0.2) is 30.3 Å². The van der Waals surface area contributed by atoms with Gasteiger partial charge in [-0.2, -0.15) is 0 Å². The summed E-state index contributed by atoms with van der Waals surface area (Å²) in [5, 5.41) is 8.52. The molecule has 1 N–H and O–H groups in total. The first-order chi connectivity index (χ1) is 8.61. The van der Waals surface area contributed by atoms with Crippen molar-refractivity contribution in [1.82, 2.24) is 0 Å². The minimum absolute atomic E-state index is 0.213. The molecule has 0 aromatic heterocycles. The zero-order valence-corrected chi connectivity index (χ0v) is 10.9. The Morgan fingerprint density at radius 3 is 2.61 bits per heavy atom. The minimum atomic E-state index is -0.941. The fourth-order valence-corrected chi connectivity index (χ4v) is 1.61. The highest BCUT2D eigenvalue weighted by Crippen LogP contribution is 2.16. The summed E-state index contributed by atoms with van der Waals surface area (Å²) in [5.41, 5.74) is 0.853. The van der Waals surface area contributed by atoms with Crippen LogP contribution in [0.2, 0.25) is 0 Å². The van der Waals surface area contributed by atoms with Gasteiger partial charge in [0.2, 0.25) is 0 Å². The van der Waals surface area contributed by atoms with Crippen LogP contribution in [-0.2, 0) is 4.79 Å². The van der Waals surface area contributed by atoms with Gasteiger partial charge >= 0.3 is 5.97 Å². The molecular weight excluding hydrogens is 228 g/mol. The van der Waals surface area contributed by atoms with Gasteiger partial charge in [0.05, 0.1) is 6.10 Å². The van der Waals surface area contributed by atoms with E-state index in [0.717, 1.165) is 23.8 Å². The maximum atomic E-state index is 10.4. The molecule has 0 saturated carbocycles. The Hall–Kier alpha value is -1.77. The average molecular weight is 248 g/mol. The van der Waals surface area contributed by atoms with Crippen molar-refractivity contribution in [3.63, 3.8) is 0 Å². The molecule has 3 nitrogen and oxygen atoms in total. The lowest BCUT2D eigenvalue weighted by atomic mass is 10.2. The zero-order chi connectivity index (χ0) is 13.4. The molecular formula is C15H20O3. The standard InChI is InChI=1S/C15H20O3/c1-3-4-5-12(2)18-14-9-6-13(7-10-14)8-11-15(16)17/h6-12H,3-5H2,1-2H3,(H,16,17). The summed E-state index contributed by atoms with van der Waals surface area (Å²) in [4.78, 5) is 10.4. The van der Waals surface area contributed by atoms with E-state index in [2.05, 4.69) is 13.8 Å². The van der Waals surface area contributed by atoms with Crippen LogP contribution in [0, 0.1) is 0 Å². The first-order valence-electron chi connectivity index (χ1n) is 6.29. The summed E-state index contributed by atoms with van der Waals surface area (Å²) < 4.78 is 5.76. The van der Waals surface area contributed by atoms with Crippen molar-refractivity contribution in [3.05, 3.63) is 35.9 Å². The number of unbranched alkanes of at least 4 members (excludes halogenated alkanes) is 1. The maximum Gasteiger partial charge on any atom is 0.328 e. The summed E-state index contributed by atoms with van der Waals surface area (Å²) in [6.45, 7) is 4.23. The van der Waals surface area contributed by atoms with Crippen LogP contribution >= 0.6 is 0 Å². The van der Waals surface area contributed by atoms with Crippen LogP contribution in [-0.4, -0.2) is 17.2 Å². The first kappa shape index (κ1) is 14.3. The molecule has 1 rings (SSSR count). The number of carbonyl (C=O) groups is 1. The zero-order valence-electron chi connectivity index (χ0n) is 10.9. The molecule has 98 valence electrons. The number of carboxylic acids is 1. The van der Waals surface area contributed by atoms with Gasteiger partial charge in [-0.25, -0.2) is 4.79 Å². The fraction of sp³-hybridized carbons (Fsp3) is 0.400. The third-order valence-electron chi connectivity index (χ3n) is 2.60. The molecule has 1 unspecified atom stereocenters. The molecule has 0 saturated heterocycles. The van der Waals surface area contributed by atoms with E-state index in [-0.39, 0.29) is 6.10 Å². The van der Waals surface area contributed by atoms with Crippen LogP contribution in [0.4, 0.5) is 0 Å². The number of carboxylic acid groups (broad SMARTS) is 1. The highest BCUT2D eigenvalue weighted by Gasteiger charge is 2.02. The predicted octanol–water partition coefficient (Wildman–Crippen LogP) is 3.74. The Morgan fingerprint density at radius 2 is 2.06 bits per heavy atom. The molecule has 0 bridgehead atoms. The lowest BCUT2D eigenvalue weighted by molar-refractivity contribution is -0.131. The van der Waals surface area contributed by atoms with Crippen molar-refractivity contribution in [1.29, 1.82) is 0 Å². The van der Waals surface area contributed by atoms with E-state index in [1.54, 1.807) is 6.08 Å². The Bertz CT molecular complexity index is 393. The van der Waals surface area contributed by atoms with E-state index < -0.39 is 5.97 Å². The van der Waals surface area contributed by atoms with Gasteiger partial charge in [-0.05, 0) is 37.1 Å². The van der Waals surface area contributed by atoms with Crippen molar-refractivity contribution < 1.29 is 14.6 Å². The SMILES string of the molecule is CCCCC(C)Oc1ccc(C=CC(=O)O)cc1. The van der Waals surface area contributed by atoms with Gasteiger partial charge in [0.1, 0.15) is 5.75 Å². The highest BCUT2D eigenvalue weighted by molar-refractivity contribution is 5.85. The number of aliphatic carboxylic acids is 1. The summed E-state index contributed by atoms with van der Waals surface area (Å²) in [5.74, 6) is -0.116. The molecule has 0 aliphatic rings. The van der Waals surface area contributed by atoms with E-state index in [1.807, 2.05) is 24.3 Å². The molecule has 18 heavy (non-hydrogen) atoms. The predicted molar refractivity (Wildman–Crippen MR) is 72.7 cm³/mol. The van der Waals surface area contributed by atoms with Gasteiger partial charge in [0.25, 0.3) is 0 Å². The topological polar surface area (TPSA) is 46.5 Å². The molecule has 0 radical (unpaired) electrons. The molecule has 1 aromatic rings. The van der Waals surface area contributed by atoms with Gasteiger partial charge in [0, 0.05) is 6.08 Å². The second-order valence-electron chi connectivity index (χ2n) is 4.31. The normalized spacial score (nSPS) is 12.6. The summed E-state index contributed by atoms with van der Waals surface area (Å²) >= 11 is 0. The summed E-state index contributed by atoms with van der Waals surface area (Å²) in [7, 11) is 0. The van der Waals surface area contributed by atoms with Crippen LogP contribution < -0.4 is 4.74 Å². The van der Waals surface area contributed by atoms with Gasteiger partial charge < -0.3 is 9.84 Å². The summed E-state index contributed by atoms with van der Waals surface area (Å²) in [6.07, 6.45) is 6.29. The van der Waals surface area contributed by atoms with Crippen LogP contribution in [0.5, 0.6) is 5.75 Å².